The summed E-state index contributed by atoms with van der Waals surface area (Å²) in [6.07, 6.45) is 0.375. The zero-order valence-corrected chi connectivity index (χ0v) is 55.1. The first-order valence-corrected chi connectivity index (χ1v) is 29.5. The van der Waals surface area contributed by atoms with Crippen LogP contribution in [0, 0.1) is 27.7 Å². The highest BCUT2D eigenvalue weighted by atomic mass is 19.4. The van der Waals surface area contributed by atoms with Crippen LogP contribution in [0.5, 0.6) is 23.0 Å². The number of tetrazole rings is 4. The zero-order chi connectivity index (χ0) is 74.4. The molecular formula is C61H69F5N24O8. The monoisotopic (exact) mass is 1370 g/mol. The van der Waals surface area contributed by atoms with E-state index in [1.807, 2.05) is 53.1 Å². The Morgan fingerprint density at radius 3 is 0.969 bits per heavy atom. The number of benzene rings is 4. The lowest BCUT2D eigenvalue weighted by atomic mass is 10.1. The maximum atomic E-state index is 13.2. The van der Waals surface area contributed by atoms with Crippen molar-refractivity contribution < 1.29 is 46.4 Å². The van der Waals surface area contributed by atoms with E-state index in [1.54, 1.807) is 93.5 Å². The fraction of sp³-hybridized carbons (Fsp3) is 0.344. The molecule has 98 heavy (non-hydrogen) atoms. The molecule has 32 nitrogen and oxygen atoms in total. The number of nitrogens with zero attached hydrogens (tertiary/aromatic N) is 24. The molecule has 0 bridgehead atoms. The zero-order valence-electron chi connectivity index (χ0n) is 59.1. The van der Waals surface area contributed by atoms with E-state index in [9.17, 15) is 41.1 Å². The predicted octanol–water partition coefficient (Wildman–Crippen LogP) is 6.41. The van der Waals surface area contributed by atoms with E-state index >= 15 is 0 Å². The summed E-state index contributed by atoms with van der Waals surface area (Å²) in [5, 5.41) is 45.3. The van der Waals surface area contributed by atoms with E-state index in [4.69, 9.17) is 24.4 Å². The molecule has 0 N–H and O–H groups in total. The summed E-state index contributed by atoms with van der Waals surface area (Å²) in [4.78, 5) is 48.4. The number of ether oxygens (including phenoxy) is 4. The summed E-state index contributed by atoms with van der Waals surface area (Å²) in [7, 11) is 5.80. The van der Waals surface area contributed by atoms with Gasteiger partial charge in [0.1, 0.15) is 95.0 Å². The lowest BCUT2D eigenvalue weighted by Gasteiger charge is -2.23. The Hall–Kier alpha value is -12.0. The molecule has 0 unspecified atom stereocenters. The summed E-state index contributed by atoms with van der Waals surface area (Å²) in [5.41, 5.74) is 2.69. The van der Waals surface area contributed by atoms with E-state index < -0.39 is 36.5 Å². The van der Waals surface area contributed by atoms with Gasteiger partial charge in [-0.25, -0.2) is 23.9 Å². The van der Waals surface area contributed by atoms with Gasteiger partial charge in [0.05, 0.1) is 35.8 Å². The van der Waals surface area contributed by atoms with Crippen molar-refractivity contribution in [1.29, 1.82) is 0 Å². The molecule has 12 rings (SSSR count). The largest absolute Gasteiger partial charge is 0.504 e. The number of halogens is 5. The smallest absolute Gasteiger partial charge is 0.487 e. The second-order valence-corrected chi connectivity index (χ2v) is 22.7. The van der Waals surface area contributed by atoms with E-state index in [2.05, 4.69) is 62.1 Å². The van der Waals surface area contributed by atoms with Gasteiger partial charge in [0, 0.05) is 34.2 Å². The molecule has 516 valence electrons. The number of alkyl halides is 5. The van der Waals surface area contributed by atoms with Crippen LogP contribution in [-0.2, 0) is 66.5 Å². The molecular weight excluding hydrogens is 1290 g/mol. The van der Waals surface area contributed by atoms with Gasteiger partial charge in [-0.1, -0.05) is 72.7 Å². The number of rotatable bonds is 18. The normalized spacial score (nSPS) is 12.0. The number of aryl methyl sites for hydroxylation is 8. The van der Waals surface area contributed by atoms with Crippen molar-refractivity contribution in [1.82, 2.24) is 118 Å². The lowest BCUT2D eigenvalue weighted by molar-refractivity contribution is -0.214. The molecule has 0 fully saturated rings. The number of hydrogen-bond acceptors (Lipinski definition) is 20. The molecule has 0 atom stereocenters. The number of aromatic nitrogens is 24. The molecule has 4 aromatic carbocycles. The molecule has 0 aliphatic carbocycles. The molecule has 37 heteroatoms. The molecule has 0 spiro atoms. The quantitative estimate of drug-likeness (QED) is 0.0838. The van der Waals surface area contributed by atoms with Crippen LogP contribution in [0.25, 0.3) is 22.7 Å². The summed E-state index contributed by atoms with van der Waals surface area (Å²) < 4.78 is 132. The first kappa shape index (κ1) is 64.7. The molecule has 8 heterocycles. The summed E-state index contributed by atoms with van der Waals surface area (Å²) in [6, 6.07) is 21.1. The van der Waals surface area contributed by atoms with Crippen molar-refractivity contribution in [3.8, 4) is 45.7 Å². The maximum Gasteiger partial charge on any atom is 0.504 e. The fourth-order valence-electron chi connectivity index (χ4n) is 9.24. The second-order valence-electron chi connectivity index (χ2n) is 22.7. The van der Waals surface area contributed by atoms with Crippen LogP contribution in [0.1, 0.15) is 97.7 Å². The molecule has 0 aliphatic rings. The molecule has 12 aromatic rings. The van der Waals surface area contributed by atoms with Gasteiger partial charge < -0.3 is 18.9 Å². The highest BCUT2D eigenvalue weighted by Gasteiger charge is 2.37. The van der Waals surface area contributed by atoms with Gasteiger partial charge in [-0.05, 0) is 151 Å². The minimum absolute atomic E-state index is 0.0213. The Labute approximate surface area is 558 Å². The van der Waals surface area contributed by atoms with Crippen molar-refractivity contribution in [2.45, 2.75) is 113 Å². The number of hydrogen-bond donors (Lipinski definition) is 0. The van der Waals surface area contributed by atoms with Gasteiger partial charge in [-0.15, -0.1) is 13.2 Å². The van der Waals surface area contributed by atoms with Crippen LogP contribution in [0.4, 0.5) is 22.0 Å². The van der Waals surface area contributed by atoms with Crippen molar-refractivity contribution in [2.75, 3.05) is 0 Å². The molecule has 0 amide bonds. The van der Waals surface area contributed by atoms with E-state index in [0.717, 1.165) is 58.3 Å². The van der Waals surface area contributed by atoms with Gasteiger partial charge in [0.25, 0.3) is 0 Å². The van der Waals surface area contributed by atoms with Gasteiger partial charge in [0.15, 0.2) is 0 Å². The minimum atomic E-state index is -4.80. The lowest BCUT2D eigenvalue weighted by Crippen LogP contribution is -2.28. The van der Waals surface area contributed by atoms with Crippen LogP contribution < -0.4 is 41.7 Å². The van der Waals surface area contributed by atoms with Gasteiger partial charge in [-0.2, -0.15) is 71.3 Å². The van der Waals surface area contributed by atoms with Crippen molar-refractivity contribution in [3.05, 3.63) is 209 Å². The average Bonchev–Trinajstić information content (AvgIpc) is 1.66. The molecule has 0 aliphatic heterocycles. The van der Waals surface area contributed by atoms with Crippen molar-refractivity contribution in [2.24, 2.45) is 28.2 Å². The predicted molar refractivity (Wildman–Crippen MR) is 340 cm³/mol. The number of para-hydroxylation sites is 4. The molecule has 0 saturated carbocycles. The Morgan fingerprint density at radius 1 is 0.418 bits per heavy atom. The molecule has 8 aromatic heterocycles. The summed E-state index contributed by atoms with van der Waals surface area (Å²) in [6.45, 7) is 14.0. The molecule has 0 radical (unpaired) electrons. The van der Waals surface area contributed by atoms with E-state index in [0.29, 0.717) is 73.0 Å². The summed E-state index contributed by atoms with van der Waals surface area (Å²) >= 11 is 0. The third-order valence-electron chi connectivity index (χ3n) is 14.3. The third-order valence-corrected chi connectivity index (χ3v) is 14.3. The van der Waals surface area contributed by atoms with E-state index in [-0.39, 0.29) is 70.6 Å². The molecule has 0 saturated heterocycles. The summed E-state index contributed by atoms with van der Waals surface area (Å²) in [5.74, 6) is 2.12. The SMILES string of the molecule is [3H]c1ccc(OCc2c(-n3nnn(C)c3=O)cnn2C(C)(C)C)c(C)c1.[3H]c1ccc(OCc2c(-n3nnn(C)c3=O)cnn2C(C)C)c(C)c1.[3H]c1ccc(OCc2c(-n3nnn(C)c3=O)cnn2C(F)(F)F)c(C)c1.[3H]c1ccc(OCc2c(-n3nnn(C)c3=O)cnn2C(F)F)c(C)c1. The highest BCUT2D eigenvalue weighted by Crippen LogP contribution is 2.30. The first-order chi connectivity index (χ1) is 48.1. The standard InChI is InChI=1S/C17H22N6O2.C16H20N6O2.C14H13F3N6O2.C14H14F2N6O2/c1-12-8-6-7-9-15(12)25-11-14-13(10-18-23(14)17(2,3)4)22-16(24)21(5)19-20-22;1-11(2)21-14(10-24-15-8-6-5-7-12(15)3)13(9-17-21)22-16(23)20(4)18-19-22;1-9-5-3-4-6-12(9)25-8-11-10(7-18-23(11)14(15,16)17)22-13(24)21(2)19-20-22;1-9-5-3-4-6-12(9)24-8-11-10(7-17-21(11)13(15)16)22-14(23)20(2)18-19-22/h6-10H,11H2,1-5H3;5-9,11H,10H2,1-4H3;3-7H,8H2,1-2H3;3-7,13H,8H2,1-2H3/i6T;5T;2*3T. The van der Waals surface area contributed by atoms with E-state index in [1.165, 1.54) is 47.7 Å². The Kier molecular flexibility index (Phi) is 19.7. The average molecular weight is 1370 g/mol. The topological polar surface area (TPSA) is 319 Å². The minimum Gasteiger partial charge on any atom is -0.487 e. The van der Waals surface area contributed by atoms with Crippen molar-refractivity contribution in [3.63, 3.8) is 0 Å². The second kappa shape index (κ2) is 29.8. The van der Waals surface area contributed by atoms with Gasteiger partial charge in [-0.3, -0.25) is 9.36 Å². The maximum absolute atomic E-state index is 13.2. The van der Waals surface area contributed by atoms with Gasteiger partial charge in [0.2, 0.25) is 0 Å². The third kappa shape index (κ3) is 15.7. The Balaban J connectivity index is 0.000000158. The Morgan fingerprint density at radius 2 is 0.694 bits per heavy atom. The Bertz CT molecular complexity index is 4880. The highest BCUT2D eigenvalue weighted by molar-refractivity contribution is 5.40. The van der Waals surface area contributed by atoms with Crippen LogP contribution in [-0.4, -0.2) is 118 Å². The van der Waals surface area contributed by atoms with Crippen LogP contribution >= 0.6 is 0 Å². The van der Waals surface area contributed by atoms with Crippen LogP contribution in [0.3, 0.4) is 0 Å². The van der Waals surface area contributed by atoms with Crippen molar-refractivity contribution >= 4 is 0 Å². The fourth-order valence-corrected chi connectivity index (χ4v) is 9.24. The van der Waals surface area contributed by atoms with Crippen LogP contribution in [0.15, 0.2) is 141 Å². The van der Waals surface area contributed by atoms with Gasteiger partial charge >= 0.3 is 35.6 Å². The van der Waals surface area contributed by atoms with Crippen LogP contribution in [0.2, 0.25) is 0 Å². The first-order valence-electron chi connectivity index (χ1n) is 31.5.